The van der Waals surface area contributed by atoms with E-state index in [1.165, 1.54) is 11.3 Å². The van der Waals surface area contributed by atoms with Crippen molar-refractivity contribution in [3.05, 3.63) is 103 Å². The number of carbonyl (C=O) groups excluding carboxylic acids is 1. The van der Waals surface area contributed by atoms with Gasteiger partial charge in [0.05, 0.1) is 18.1 Å². The number of aryl methyl sites for hydroxylation is 1. The molecule has 6 nitrogen and oxygen atoms in total. The fourth-order valence-corrected chi connectivity index (χ4v) is 5.02. The Balaban J connectivity index is 1.39. The molecule has 0 saturated heterocycles. The molecule has 2 heterocycles. The zero-order valence-electron chi connectivity index (χ0n) is 19.0. The average Bonchev–Trinajstić information content (AvgIpc) is 3.28. The lowest BCUT2D eigenvalue weighted by atomic mass is 10.1. The smallest absolute Gasteiger partial charge is 0.257 e. The Bertz CT molecular complexity index is 1400. The number of halogens is 2. The molecule has 9 heteroatoms. The van der Waals surface area contributed by atoms with Crippen LogP contribution >= 0.6 is 34.5 Å². The number of benzene rings is 2. The highest BCUT2D eigenvalue weighted by Crippen LogP contribution is 2.25. The van der Waals surface area contributed by atoms with Gasteiger partial charge in [-0.05, 0) is 41.5 Å². The van der Waals surface area contributed by atoms with Gasteiger partial charge in [-0.1, -0.05) is 47.5 Å². The van der Waals surface area contributed by atoms with Crippen molar-refractivity contribution in [1.29, 1.82) is 0 Å². The topological polar surface area (TPSA) is 80.6 Å². The van der Waals surface area contributed by atoms with E-state index < -0.39 is 12.0 Å². The lowest BCUT2D eigenvalue weighted by molar-refractivity contribution is 0.0745. The minimum absolute atomic E-state index is 0.0869. The molecule has 0 aliphatic rings. The summed E-state index contributed by atoms with van der Waals surface area (Å²) < 4.78 is 7.53. The Morgan fingerprint density at radius 2 is 1.91 bits per heavy atom. The van der Waals surface area contributed by atoms with Crippen molar-refractivity contribution in [3.8, 4) is 0 Å². The number of pyridine rings is 1. The fourth-order valence-electron chi connectivity index (χ4n) is 3.67. The number of hydrogen-bond donors (Lipinski definition) is 2. The Hall–Kier alpha value is -2.68. The third-order valence-corrected chi connectivity index (χ3v) is 7.21. The second-order valence-electron chi connectivity index (χ2n) is 8.14. The van der Waals surface area contributed by atoms with Crippen LogP contribution in [-0.4, -0.2) is 22.2 Å². The molecule has 2 aromatic heterocycles. The van der Waals surface area contributed by atoms with Crippen LogP contribution in [0.1, 0.15) is 38.9 Å². The van der Waals surface area contributed by atoms with Gasteiger partial charge in [0, 0.05) is 47.7 Å². The van der Waals surface area contributed by atoms with Crippen LogP contribution in [-0.2, 0) is 24.9 Å². The van der Waals surface area contributed by atoms with E-state index in [1.54, 1.807) is 54.2 Å². The lowest BCUT2D eigenvalue weighted by Crippen LogP contribution is -2.29. The van der Waals surface area contributed by atoms with Crippen molar-refractivity contribution >= 4 is 50.7 Å². The van der Waals surface area contributed by atoms with E-state index in [0.29, 0.717) is 41.6 Å². The maximum Gasteiger partial charge on any atom is 0.257 e. The first-order valence-electron chi connectivity index (χ1n) is 11.0. The SMILES string of the molecule is Cn1cc(C(=O)NCc2ccc(Cl)cc2)c(=O)c2cc(COCCC(O)c3cccc(Cl)c3)sc21. The van der Waals surface area contributed by atoms with Crippen molar-refractivity contribution < 1.29 is 14.6 Å². The number of ether oxygens (including phenoxy) is 1. The summed E-state index contributed by atoms with van der Waals surface area (Å²) in [5.41, 5.74) is 1.40. The molecule has 1 unspecified atom stereocenters. The fraction of sp³-hybridized carbons (Fsp3) is 0.231. The molecular weight excluding hydrogens is 507 g/mol. The number of aromatic nitrogens is 1. The van der Waals surface area contributed by atoms with Crippen molar-refractivity contribution in [2.24, 2.45) is 7.05 Å². The number of aliphatic hydroxyl groups excluding tert-OH is 1. The van der Waals surface area contributed by atoms with Gasteiger partial charge >= 0.3 is 0 Å². The number of nitrogens with one attached hydrogen (secondary N) is 1. The summed E-state index contributed by atoms with van der Waals surface area (Å²) >= 11 is 13.3. The third kappa shape index (κ3) is 6.31. The maximum atomic E-state index is 13.0. The second-order valence-corrected chi connectivity index (χ2v) is 10.1. The van der Waals surface area contributed by atoms with Gasteiger partial charge in [-0.2, -0.15) is 0 Å². The molecule has 4 aromatic rings. The van der Waals surface area contributed by atoms with Gasteiger partial charge in [0.15, 0.2) is 0 Å². The number of hydrogen-bond acceptors (Lipinski definition) is 5. The first-order valence-corrected chi connectivity index (χ1v) is 12.5. The second kappa shape index (κ2) is 11.4. The number of aliphatic hydroxyl groups is 1. The van der Waals surface area contributed by atoms with Crippen molar-refractivity contribution in [2.45, 2.75) is 25.7 Å². The van der Waals surface area contributed by atoms with Crippen LogP contribution in [0.15, 0.2) is 65.6 Å². The van der Waals surface area contributed by atoms with Crippen molar-refractivity contribution in [2.75, 3.05) is 6.61 Å². The van der Waals surface area contributed by atoms with Crippen molar-refractivity contribution in [1.82, 2.24) is 9.88 Å². The van der Waals surface area contributed by atoms with Crippen LogP contribution in [0.25, 0.3) is 10.2 Å². The van der Waals surface area contributed by atoms with Crippen LogP contribution in [0.2, 0.25) is 10.0 Å². The monoisotopic (exact) mass is 530 g/mol. The quantitative estimate of drug-likeness (QED) is 0.281. The van der Waals surface area contributed by atoms with Crippen molar-refractivity contribution in [3.63, 3.8) is 0 Å². The molecule has 0 aliphatic carbocycles. The number of thiophene rings is 1. The molecule has 1 amide bonds. The molecule has 0 spiro atoms. The van der Waals surface area contributed by atoms with Crippen LogP contribution in [0.5, 0.6) is 0 Å². The van der Waals surface area contributed by atoms with E-state index in [1.807, 2.05) is 18.2 Å². The van der Waals surface area contributed by atoms with Gasteiger partial charge in [-0.3, -0.25) is 9.59 Å². The predicted molar refractivity (Wildman–Crippen MR) is 140 cm³/mol. The Morgan fingerprint density at radius 1 is 1.14 bits per heavy atom. The molecule has 35 heavy (non-hydrogen) atoms. The molecule has 0 fully saturated rings. The summed E-state index contributed by atoms with van der Waals surface area (Å²) in [5, 5.41) is 14.8. The largest absolute Gasteiger partial charge is 0.388 e. The standard InChI is InChI=1S/C26H24Cl2N2O4S/c1-30-14-22(25(33)29-13-16-5-7-18(27)8-6-16)24(32)21-12-20(35-26(21)30)15-34-10-9-23(31)17-3-2-4-19(28)11-17/h2-8,11-12,14,23,31H,9-10,13,15H2,1H3,(H,29,33). The molecule has 1 atom stereocenters. The molecule has 4 rings (SSSR count). The highest BCUT2D eigenvalue weighted by molar-refractivity contribution is 7.18. The lowest BCUT2D eigenvalue weighted by Gasteiger charge is -2.11. The van der Waals surface area contributed by atoms with E-state index in [4.69, 9.17) is 27.9 Å². The summed E-state index contributed by atoms with van der Waals surface area (Å²) in [7, 11) is 1.81. The highest BCUT2D eigenvalue weighted by Gasteiger charge is 2.17. The van der Waals surface area contributed by atoms with Gasteiger partial charge in [0.1, 0.15) is 10.4 Å². The zero-order valence-corrected chi connectivity index (χ0v) is 21.3. The molecule has 2 N–H and O–H groups in total. The van der Waals surface area contributed by atoms with Crippen LogP contribution < -0.4 is 10.7 Å². The van der Waals surface area contributed by atoms with E-state index >= 15 is 0 Å². The van der Waals surface area contributed by atoms with Crippen LogP contribution in [0.3, 0.4) is 0 Å². The van der Waals surface area contributed by atoms with Crippen LogP contribution in [0, 0.1) is 0 Å². The Kier molecular flexibility index (Phi) is 8.26. The summed E-state index contributed by atoms with van der Waals surface area (Å²) in [6.45, 7) is 0.941. The average molecular weight is 531 g/mol. The maximum absolute atomic E-state index is 13.0. The Morgan fingerprint density at radius 3 is 2.66 bits per heavy atom. The van der Waals surface area contributed by atoms with Gasteiger partial charge in [0.25, 0.3) is 5.91 Å². The summed E-state index contributed by atoms with van der Waals surface area (Å²) in [5.74, 6) is -0.429. The third-order valence-electron chi connectivity index (χ3n) is 5.52. The molecule has 182 valence electrons. The first kappa shape index (κ1) is 25.4. The number of rotatable bonds is 9. The number of nitrogens with zero attached hydrogens (tertiary/aromatic N) is 1. The summed E-state index contributed by atoms with van der Waals surface area (Å²) in [6, 6.07) is 16.0. The van der Waals surface area contributed by atoms with Gasteiger partial charge in [0.2, 0.25) is 5.43 Å². The highest BCUT2D eigenvalue weighted by atomic mass is 35.5. The molecule has 2 aromatic carbocycles. The van der Waals surface area contributed by atoms with E-state index in [-0.39, 0.29) is 11.0 Å². The number of amides is 1. The van der Waals surface area contributed by atoms with E-state index in [2.05, 4.69) is 5.32 Å². The minimum atomic E-state index is -0.670. The van der Waals surface area contributed by atoms with E-state index in [9.17, 15) is 14.7 Å². The first-order chi connectivity index (χ1) is 16.8. The molecule has 0 bridgehead atoms. The van der Waals surface area contributed by atoms with Gasteiger partial charge in [-0.15, -0.1) is 11.3 Å². The Labute approximate surface area is 216 Å². The minimum Gasteiger partial charge on any atom is -0.388 e. The predicted octanol–water partition coefficient (Wildman–Crippen LogP) is 5.48. The molecular formula is C26H24Cl2N2O4S. The van der Waals surface area contributed by atoms with Crippen LogP contribution in [0.4, 0.5) is 0 Å². The summed E-state index contributed by atoms with van der Waals surface area (Å²) in [4.78, 5) is 27.4. The molecule has 0 aliphatic heterocycles. The normalized spacial score (nSPS) is 12.1. The number of carbonyl (C=O) groups is 1. The summed E-state index contributed by atoms with van der Waals surface area (Å²) in [6.07, 6.45) is 1.31. The van der Waals surface area contributed by atoms with E-state index in [0.717, 1.165) is 20.8 Å². The van der Waals surface area contributed by atoms with Gasteiger partial charge < -0.3 is 19.7 Å². The van der Waals surface area contributed by atoms with Gasteiger partial charge in [-0.25, -0.2) is 0 Å². The molecule has 0 radical (unpaired) electrons. The number of fused-ring (bicyclic) bond motifs is 1. The molecule has 0 saturated carbocycles. The zero-order chi connectivity index (χ0) is 24.9.